The lowest BCUT2D eigenvalue weighted by molar-refractivity contribution is 0.288. The average Bonchev–Trinajstić information content (AvgIpc) is 2.47. The molecule has 0 aliphatic heterocycles. The van der Waals surface area contributed by atoms with Gasteiger partial charge < -0.3 is 14.9 Å². The summed E-state index contributed by atoms with van der Waals surface area (Å²) >= 11 is 0. The minimum Gasteiger partial charge on any atom is -0.490 e. The number of benzene rings is 1. The molecule has 3 N–H and O–H groups in total. The minimum absolute atomic E-state index is 0.381. The topological polar surface area (TPSA) is 93.2 Å². The fraction of sp³-hybridized carbons (Fsp3) is 0.286. The summed E-state index contributed by atoms with van der Waals surface area (Å²) in [6, 6.07) is 5.62. The highest BCUT2D eigenvalue weighted by atomic mass is 16.5. The molecule has 1 aromatic carbocycles. The number of rotatable bonds is 5. The smallest absolute Gasteiger partial charge is 0.163 e. The Morgan fingerprint density at radius 3 is 2.45 bits per heavy atom. The zero-order chi connectivity index (χ0) is 14.5. The van der Waals surface area contributed by atoms with Crippen LogP contribution in [0.1, 0.15) is 19.4 Å². The molecular weight excluding hydrogens is 256 g/mol. The Labute approximate surface area is 117 Å². The van der Waals surface area contributed by atoms with Crippen LogP contribution < -0.4 is 20.7 Å². The maximum atomic E-state index is 9.08. The van der Waals surface area contributed by atoms with E-state index in [-0.39, 0.29) is 0 Å². The second-order valence-corrected chi connectivity index (χ2v) is 3.99. The molecule has 1 aromatic heterocycles. The van der Waals surface area contributed by atoms with Crippen molar-refractivity contribution < 1.29 is 9.47 Å². The van der Waals surface area contributed by atoms with Gasteiger partial charge in [0.05, 0.1) is 30.0 Å². The maximum absolute atomic E-state index is 9.08. The number of aromatic nitrogens is 1. The second kappa shape index (κ2) is 6.08. The van der Waals surface area contributed by atoms with E-state index < -0.39 is 0 Å². The Bertz CT molecular complexity index is 664. The molecule has 0 spiro atoms. The predicted octanol–water partition coefficient (Wildman–Crippen LogP) is 2.19. The molecule has 0 fully saturated rings. The molecule has 1 heterocycles. The summed E-state index contributed by atoms with van der Waals surface area (Å²) in [5.41, 5.74) is 4.15. The standard InChI is InChI=1S/C14H16N4O2/c1-3-19-12-5-10-11(6-13(12)20-4-2)17-8-9(7-15)14(10)18-16/h5-6,8H,3-4,16H2,1-2H3,(H,17,18). The van der Waals surface area contributed by atoms with Gasteiger partial charge in [0.25, 0.3) is 0 Å². The molecule has 0 saturated heterocycles. The van der Waals surface area contributed by atoms with Crippen molar-refractivity contribution in [3.8, 4) is 17.6 Å². The number of nitrogens with one attached hydrogen (secondary N) is 1. The quantitative estimate of drug-likeness (QED) is 0.640. The molecule has 6 heteroatoms. The van der Waals surface area contributed by atoms with E-state index >= 15 is 0 Å². The summed E-state index contributed by atoms with van der Waals surface area (Å²) in [4.78, 5) is 4.25. The molecule has 0 aliphatic rings. The van der Waals surface area contributed by atoms with E-state index in [0.29, 0.717) is 41.5 Å². The number of nitrogen functional groups attached to an aromatic ring is 1. The maximum Gasteiger partial charge on any atom is 0.163 e. The number of hydrogen-bond donors (Lipinski definition) is 2. The fourth-order valence-corrected chi connectivity index (χ4v) is 1.98. The van der Waals surface area contributed by atoms with Crippen LogP contribution in [0.15, 0.2) is 18.3 Å². The van der Waals surface area contributed by atoms with Crippen molar-refractivity contribution >= 4 is 16.6 Å². The van der Waals surface area contributed by atoms with Gasteiger partial charge in [0, 0.05) is 17.6 Å². The minimum atomic E-state index is 0.381. The summed E-state index contributed by atoms with van der Waals surface area (Å²) in [7, 11) is 0. The van der Waals surface area contributed by atoms with Crippen LogP contribution in [0.5, 0.6) is 11.5 Å². The van der Waals surface area contributed by atoms with Gasteiger partial charge in [-0.05, 0) is 19.9 Å². The van der Waals surface area contributed by atoms with E-state index in [1.165, 1.54) is 6.20 Å². The monoisotopic (exact) mass is 272 g/mol. The highest BCUT2D eigenvalue weighted by Gasteiger charge is 2.13. The number of nitriles is 1. The van der Waals surface area contributed by atoms with Crippen molar-refractivity contribution in [2.24, 2.45) is 5.84 Å². The van der Waals surface area contributed by atoms with Gasteiger partial charge in [-0.3, -0.25) is 10.8 Å². The Morgan fingerprint density at radius 2 is 1.90 bits per heavy atom. The second-order valence-electron chi connectivity index (χ2n) is 3.99. The summed E-state index contributed by atoms with van der Waals surface area (Å²) < 4.78 is 11.1. The molecule has 2 rings (SSSR count). The third-order valence-corrected chi connectivity index (χ3v) is 2.80. The first-order valence-corrected chi connectivity index (χ1v) is 6.34. The molecule has 20 heavy (non-hydrogen) atoms. The largest absolute Gasteiger partial charge is 0.490 e. The first kappa shape index (κ1) is 13.9. The average molecular weight is 272 g/mol. The molecule has 0 saturated carbocycles. The highest BCUT2D eigenvalue weighted by molar-refractivity contribution is 5.95. The van der Waals surface area contributed by atoms with E-state index in [0.717, 1.165) is 5.39 Å². The van der Waals surface area contributed by atoms with E-state index in [1.54, 1.807) is 12.1 Å². The summed E-state index contributed by atoms with van der Waals surface area (Å²) in [5, 5.41) is 9.80. The van der Waals surface area contributed by atoms with Gasteiger partial charge in [-0.25, -0.2) is 0 Å². The zero-order valence-electron chi connectivity index (χ0n) is 11.4. The first-order chi connectivity index (χ1) is 9.74. The highest BCUT2D eigenvalue weighted by Crippen LogP contribution is 2.35. The van der Waals surface area contributed by atoms with Gasteiger partial charge >= 0.3 is 0 Å². The van der Waals surface area contributed by atoms with Crippen LogP contribution in [0.3, 0.4) is 0 Å². The van der Waals surface area contributed by atoms with Gasteiger partial charge in [-0.1, -0.05) is 0 Å². The molecule has 0 unspecified atom stereocenters. The molecule has 2 aromatic rings. The van der Waals surface area contributed by atoms with Crippen LogP contribution in [-0.4, -0.2) is 18.2 Å². The normalized spacial score (nSPS) is 10.1. The molecule has 0 amide bonds. The van der Waals surface area contributed by atoms with Gasteiger partial charge in [-0.15, -0.1) is 0 Å². The van der Waals surface area contributed by atoms with Crippen LogP contribution in [0.4, 0.5) is 5.69 Å². The van der Waals surface area contributed by atoms with Gasteiger partial charge in [0.2, 0.25) is 0 Å². The lowest BCUT2D eigenvalue weighted by atomic mass is 10.1. The molecule has 104 valence electrons. The third-order valence-electron chi connectivity index (χ3n) is 2.80. The Morgan fingerprint density at radius 1 is 1.25 bits per heavy atom. The molecule has 0 bridgehead atoms. The van der Waals surface area contributed by atoms with E-state index in [9.17, 15) is 0 Å². The van der Waals surface area contributed by atoms with E-state index in [2.05, 4.69) is 16.5 Å². The van der Waals surface area contributed by atoms with Crippen LogP contribution in [-0.2, 0) is 0 Å². The fourth-order valence-electron chi connectivity index (χ4n) is 1.98. The lowest BCUT2D eigenvalue weighted by Gasteiger charge is -2.14. The molecular formula is C14H16N4O2. The summed E-state index contributed by atoms with van der Waals surface area (Å²) in [6.07, 6.45) is 1.48. The predicted molar refractivity (Wildman–Crippen MR) is 76.6 cm³/mol. The van der Waals surface area contributed by atoms with Crippen LogP contribution in [0.2, 0.25) is 0 Å². The number of nitrogens with two attached hydrogens (primary N) is 1. The number of hydrazine groups is 1. The molecule has 0 atom stereocenters. The van der Waals surface area contributed by atoms with Crippen LogP contribution in [0, 0.1) is 11.3 Å². The van der Waals surface area contributed by atoms with Crippen molar-refractivity contribution in [3.05, 3.63) is 23.9 Å². The zero-order valence-corrected chi connectivity index (χ0v) is 11.4. The lowest BCUT2D eigenvalue weighted by Crippen LogP contribution is -2.09. The molecule has 0 aliphatic carbocycles. The van der Waals surface area contributed by atoms with Gasteiger partial charge in [0.1, 0.15) is 6.07 Å². The van der Waals surface area contributed by atoms with Crippen LogP contribution in [0.25, 0.3) is 10.9 Å². The number of hydrogen-bond acceptors (Lipinski definition) is 6. The Kier molecular flexibility index (Phi) is 4.23. The van der Waals surface area contributed by atoms with Crippen molar-refractivity contribution in [1.82, 2.24) is 4.98 Å². The van der Waals surface area contributed by atoms with Gasteiger partial charge in [0.15, 0.2) is 11.5 Å². The van der Waals surface area contributed by atoms with Gasteiger partial charge in [-0.2, -0.15) is 5.26 Å². The SMILES string of the molecule is CCOc1cc2ncc(C#N)c(NN)c2cc1OCC. The molecule has 0 radical (unpaired) electrons. The first-order valence-electron chi connectivity index (χ1n) is 6.34. The third kappa shape index (κ3) is 2.44. The van der Waals surface area contributed by atoms with Crippen LogP contribution >= 0.6 is 0 Å². The number of nitrogens with zero attached hydrogens (tertiary/aromatic N) is 2. The number of ether oxygens (including phenoxy) is 2. The van der Waals surface area contributed by atoms with Crippen molar-refractivity contribution in [1.29, 1.82) is 5.26 Å². The Balaban J connectivity index is 2.70. The van der Waals surface area contributed by atoms with E-state index in [4.69, 9.17) is 20.6 Å². The summed E-state index contributed by atoms with van der Waals surface area (Å²) in [6.45, 7) is 4.84. The number of anilines is 1. The summed E-state index contributed by atoms with van der Waals surface area (Å²) in [5.74, 6) is 6.75. The van der Waals surface area contributed by atoms with Crippen molar-refractivity contribution in [2.45, 2.75) is 13.8 Å². The Hall–Kier alpha value is -2.52. The molecule has 6 nitrogen and oxygen atoms in total. The number of fused-ring (bicyclic) bond motifs is 1. The van der Waals surface area contributed by atoms with E-state index in [1.807, 2.05) is 13.8 Å². The number of pyridine rings is 1. The van der Waals surface area contributed by atoms with Crippen molar-refractivity contribution in [3.63, 3.8) is 0 Å². The van der Waals surface area contributed by atoms with Crippen molar-refractivity contribution in [2.75, 3.05) is 18.6 Å².